The molecule has 122 valence electrons. The second-order valence-electron chi connectivity index (χ2n) is 8.60. The fourth-order valence-electron chi connectivity index (χ4n) is 5.16. The second kappa shape index (κ2) is 6.40. The first-order valence-corrected chi connectivity index (χ1v) is 8.99. The van der Waals surface area contributed by atoms with E-state index in [0.717, 1.165) is 32.1 Å². The van der Waals surface area contributed by atoms with Crippen molar-refractivity contribution >= 4 is 5.78 Å². The van der Waals surface area contributed by atoms with Gasteiger partial charge in [-0.2, -0.15) is 0 Å². The van der Waals surface area contributed by atoms with Gasteiger partial charge in [0.2, 0.25) is 0 Å². The van der Waals surface area contributed by atoms with Crippen molar-refractivity contribution in [3.05, 3.63) is 0 Å². The molecule has 0 aromatic rings. The van der Waals surface area contributed by atoms with Gasteiger partial charge in [-0.1, -0.05) is 33.1 Å². The lowest BCUT2D eigenvalue weighted by molar-refractivity contribution is -0.137. The van der Waals surface area contributed by atoms with Crippen LogP contribution in [-0.2, 0) is 4.79 Å². The molecule has 1 N–H and O–H groups in total. The topological polar surface area (TPSA) is 37.3 Å². The quantitative estimate of drug-likeness (QED) is 0.795. The van der Waals surface area contributed by atoms with E-state index in [-0.39, 0.29) is 5.41 Å². The Bertz CT molecular complexity index is 368. The molecule has 2 aliphatic rings. The van der Waals surface area contributed by atoms with Crippen molar-refractivity contribution in [1.82, 2.24) is 0 Å². The van der Waals surface area contributed by atoms with Gasteiger partial charge in [-0.25, -0.2) is 0 Å². The van der Waals surface area contributed by atoms with Crippen LogP contribution in [0.3, 0.4) is 0 Å². The highest BCUT2D eigenvalue weighted by Crippen LogP contribution is 2.55. The van der Waals surface area contributed by atoms with Crippen molar-refractivity contribution in [3.8, 4) is 0 Å². The van der Waals surface area contributed by atoms with E-state index < -0.39 is 5.60 Å². The van der Waals surface area contributed by atoms with E-state index in [9.17, 15) is 9.90 Å². The molecule has 0 bridgehead atoms. The number of carbonyl (C=O) groups is 1. The molecular weight excluding hydrogens is 260 g/mol. The van der Waals surface area contributed by atoms with Gasteiger partial charge in [0.25, 0.3) is 0 Å². The highest BCUT2D eigenvalue weighted by Gasteiger charge is 2.49. The predicted molar refractivity (Wildman–Crippen MR) is 87.1 cm³/mol. The maximum absolute atomic E-state index is 12.3. The number of fused-ring (bicyclic) bond motifs is 1. The van der Waals surface area contributed by atoms with Gasteiger partial charge in [0.05, 0.1) is 5.60 Å². The number of rotatable bonds is 5. The Morgan fingerprint density at radius 1 is 1.33 bits per heavy atom. The van der Waals surface area contributed by atoms with E-state index in [2.05, 4.69) is 13.8 Å². The Kier molecular flexibility index (Phi) is 5.18. The molecule has 2 heteroatoms. The van der Waals surface area contributed by atoms with Crippen molar-refractivity contribution in [1.29, 1.82) is 0 Å². The van der Waals surface area contributed by atoms with Crippen LogP contribution in [0.1, 0.15) is 85.5 Å². The molecule has 0 aromatic carbocycles. The van der Waals surface area contributed by atoms with Crippen molar-refractivity contribution in [2.45, 2.75) is 91.1 Å². The molecule has 2 saturated carbocycles. The molecular formula is C19H34O2. The van der Waals surface area contributed by atoms with Crippen LogP contribution in [0.5, 0.6) is 0 Å². The number of ketones is 1. The standard InChI is InChI=1S/C19H34O2/c1-14(8-6-12-18(2,3)21)15-9-5-10-16-17(20)11-7-13-19(15,16)4/h14-16,21H,5-13H2,1-4H3/t14-,15+,16+,19+/m0/s1. The number of Topliss-reactive ketones (excluding diaryl/α,β-unsaturated/α-hetero) is 1. The van der Waals surface area contributed by atoms with Crippen molar-refractivity contribution < 1.29 is 9.90 Å². The molecule has 0 radical (unpaired) electrons. The van der Waals surface area contributed by atoms with Crippen molar-refractivity contribution in [2.75, 3.05) is 0 Å². The molecule has 2 aliphatic carbocycles. The van der Waals surface area contributed by atoms with Crippen LogP contribution in [0.4, 0.5) is 0 Å². The summed E-state index contributed by atoms with van der Waals surface area (Å²) in [4.78, 5) is 12.3. The lowest BCUT2D eigenvalue weighted by Gasteiger charge is -2.52. The number of aliphatic hydroxyl groups is 1. The van der Waals surface area contributed by atoms with E-state index >= 15 is 0 Å². The molecule has 2 rings (SSSR count). The van der Waals surface area contributed by atoms with Crippen LogP contribution in [0.25, 0.3) is 0 Å². The maximum atomic E-state index is 12.3. The fraction of sp³-hybridized carbons (Fsp3) is 0.947. The summed E-state index contributed by atoms with van der Waals surface area (Å²) >= 11 is 0. The summed E-state index contributed by atoms with van der Waals surface area (Å²) in [6, 6.07) is 0. The Balaban J connectivity index is 1.99. The zero-order valence-corrected chi connectivity index (χ0v) is 14.5. The molecule has 0 aromatic heterocycles. The molecule has 2 fully saturated rings. The SMILES string of the molecule is C[C@@H](CCCC(C)(C)O)[C@H]1CCC[C@@H]2C(=O)CCC[C@@]21C. The average molecular weight is 294 g/mol. The Hall–Kier alpha value is -0.370. The summed E-state index contributed by atoms with van der Waals surface area (Å²) < 4.78 is 0. The van der Waals surface area contributed by atoms with Crippen LogP contribution in [0, 0.1) is 23.2 Å². The predicted octanol–water partition coefficient (Wildman–Crippen LogP) is 4.74. The third-order valence-corrected chi connectivity index (χ3v) is 6.31. The Morgan fingerprint density at radius 2 is 2.05 bits per heavy atom. The normalized spacial score (nSPS) is 35.4. The fourth-order valence-corrected chi connectivity index (χ4v) is 5.16. The van der Waals surface area contributed by atoms with Crippen molar-refractivity contribution in [3.63, 3.8) is 0 Å². The van der Waals surface area contributed by atoms with E-state index in [1.807, 2.05) is 13.8 Å². The summed E-state index contributed by atoms with van der Waals surface area (Å²) in [5.41, 5.74) is -0.290. The first kappa shape index (κ1) is 17.0. The van der Waals surface area contributed by atoms with Gasteiger partial charge in [-0.05, 0) is 63.2 Å². The molecule has 0 aliphatic heterocycles. The highest BCUT2D eigenvalue weighted by molar-refractivity contribution is 5.82. The monoisotopic (exact) mass is 294 g/mol. The summed E-state index contributed by atoms with van der Waals surface area (Å²) in [6.07, 6.45) is 9.96. The van der Waals surface area contributed by atoms with Gasteiger partial charge in [0.1, 0.15) is 5.78 Å². The van der Waals surface area contributed by atoms with Crippen LogP contribution in [0.15, 0.2) is 0 Å². The average Bonchev–Trinajstić information content (AvgIpc) is 2.36. The van der Waals surface area contributed by atoms with Gasteiger partial charge in [0.15, 0.2) is 0 Å². The molecule has 0 saturated heterocycles. The molecule has 21 heavy (non-hydrogen) atoms. The first-order chi connectivity index (χ1) is 9.74. The van der Waals surface area contributed by atoms with E-state index in [4.69, 9.17) is 0 Å². The maximum Gasteiger partial charge on any atom is 0.136 e. The van der Waals surface area contributed by atoms with Crippen LogP contribution in [0.2, 0.25) is 0 Å². The minimum absolute atomic E-state index is 0.252. The molecule has 2 nitrogen and oxygen atoms in total. The largest absolute Gasteiger partial charge is 0.390 e. The lowest BCUT2D eigenvalue weighted by atomic mass is 9.52. The highest BCUT2D eigenvalue weighted by atomic mass is 16.3. The van der Waals surface area contributed by atoms with Crippen LogP contribution < -0.4 is 0 Å². The number of carbonyl (C=O) groups excluding carboxylic acids is 1. The molecule has 0 unspecified atom stereocenters. The van der Waals surface area contributed by atoms with E-state index in [1.54, 1.807) is 0 Å². The van der Waals surface area contributed by atoms with Gasteiger partial charge >= 0.3 is 0 Å². The second-order valence-corrected chi connectivity index (χ2v) is 8.60. The third kappa shape index (κ3) is 3.88. The minimum atomic E-state index is -0.542. The zero-order valence-electron chi connectivity index (χ0n) is 14.5. The van der Waals surface area contributed by atoms with Crippen molar-refractivity contribution in [2.24, 2.45) is 23.2 Å². The summed E-state index contributed by atoms with van der Waals surface area (Å²) in [6.45, 7) is 8.57. The minimum Gasteiger partial charge on any atom is -0.390 e. The van der Waals surface area contributed by atoms with Gasteiger partial charge in [-0.3, -0.25) is 4.79 Å². The van der Waals surface area contributed by atoms with Crippen LogP contribution in [-0.4, -0.2) is 16.5 Å². The smallest absolute Gasteiger partial charge is 0.136 e. The first-order valence-electron chi connectivity index (χ1n) is 8.99. The third-order valence-electron chi connectivity index (χ3n) is 6.31. The number of hydrogen-bond acceptors (Lipinski definition) is 2. The molecule has 0 spiro atoms. The zero-order chi connectivity index (χ0) is 15.7. The Morgan fingerprint density at radius 3 is 2.71 bits per heavy atom. The summed E-state index contributed by atoms with van der Waals surface area (Å²) in [5, 5.41) is 9.87. The van der Waals surface area contributed by atoms with Crippen LogP contribution >= 0.6 is 0 Å². The Labute approximate surface area is 130 Å². The molecule has 4 atom stereocenters. The van der Waals surface area contributed by atoms with Gasteiger partial charge < -0.3 is 5.11 Å². The lowest BCUT2D eigenvalue weighted by Crippen LogP contribution is -2.47. The van der Waals surface area contributed by atoms with E-state index in [1.165, 1.54) is 25.7 Å². The molecule has 0 heterocycles. The van der Waals surface area contributed by atoms with E-state index in [0.29, 0.717) is 23.5 Å². The van der Waals surface area contributed by atoms with Gasteiger partial charge in [0, 0.05) is 12.3 Å². The molecule has 0 amide bonds. The summed E-state index contributed by atoms with van der Waals surface area (Å²) in [7, 11) is 0. The van der Waals surface area contributed by atoms with Gasteiger partial charge in [-0.15, -0.1) is 0 Å². The summed E-state index contributed by atoms with van der Waals surface area (Å²) in [5.74, 6) is 2.24. The number of hydrogen-bond donors (Lipinski definition) is 1.